The summed E-state index contributed by atoms with van der Waals surface area (Å²) < 4.78 is 2.90. The number of carbonyl (C=O) groups excluding carboxylic acids is 2. The highest BCUT2D eigenvalue weighted by Crippen LogP contribution is 2.46. The van der Waals surface area contributed by atoms with E-state index in [1.807, 2.05) is 0 Å². The highest BCUT2D eigenvalue weighted by Gasteiger charge is 2.26. The molecule has 0 spiro atoms. The van der Waals surface area contributed by atoms with Gasteiger partial charge in [0, 0.05) is 21.9 Å². The van der Waals surface area contributed by atoms with Crippen LogP contribution in [-0.2, 0) is 13.1 Å². The predicted molar refractivity (Wildman–Crippen MR) is 160 cm³/mol. The van der Waals surface area contributed by atoms with Crippen LogP contribution < -0.4 is 11.5 Å². The van der Waals surface area contributed by atoms with Crippen LogP contribution in [0.4, 0.5) is 21.0 Å². The van der Waals surface area contributed by atoms with Crippen molar-refractivity contribution in [1.82, 2.24) is 9.13 Å². The van der Waals surface area contributed by atoms with Crippen LogP contribution in [0, 0.1) is 0 Å². The van der Waals surface area contributed by atoms with Gasteiger partial charge in [-0.25, -0.2) is 9.59 Å². The van der Waals surface area contributed by atoms with E-state index in [4.69, 9.17) is 57.9 Å². The maximum absolute atomic E-state index is 11.2. The molecule has 6 N–H and O–H groups in total. The Labute approximate surface area is 256 Å². The number of urea groups is 2. The molecule has 4 amide bonds. The molecule has 0 unspecified atom stereocenters. The third-order valence-corrected chi connectivity index (χ3v) is 8.27. The predicted octanol–water partition coefficient (Wildman–Crippen LogP) is 8.04. The van der Waals surface area contributed by atoms with Gasteiger partial charge in [0.05, 0.1) is 44.2 Å². The van der Waals surface area contributed by atoms with E-state index in [2.05, 4.69) is 20.5 Å². The van der Waals surface area contributed by atoms with Crippen LogP contribution in [0.5, 0.6) is 11.8 Å². The summed E-state index contributed by atoms with van der Waals surface area (Å²) in [5.74, 6) is -0.655. The summed E-state index contributed by atoms with van der Waals surface area (Å²) in [5.41, 5.74) is 11.8. The number of primary amides is 2. The number of aromatic nitrogens is 2. The molecule has 0 aliphatic heterocycles. The number of rotatable bonds is 6. The number of para-hydroxylation sites is 2. The van der Waals surface area contributed by atoms with E-state index in [0.717, 1.165) is 0 Å². The van der Waals surface area contributed by atoms with Gasteiger partial charge in [-0.05, 0) is 12.1 Å². The Bertz CT molecular complexity index is 1810. The Balaban J connectivity index is 1.61. The largest absolute Gasteiger partial charge is 0.493 e. The highest BCUT2D eigenvalue weighted by atomic mass is 35.5. The molecular formula is C26H18Cl4N8O4. The first kappa shape index (κ1) is 29.1. The number of aromatic hydroxyl groups is 2. The lowest BCUT2D eigenvalue weighted by atomic mass is 10.1. The van der Waals surface area contributed by atoms with E-state index in [9.17, 15) is 19.8 Å². The molecule has 0 aliphatic rings. The van der Waals surface area contributed by atoms with Gasteiger partial charge in [0.2, 0.25) is 11.8 Å². The Hall–Kier alpha value is -4.36. The van der Waals surface area contributed by atoms with E-state index in [1.165, 1.54) is 9.13 Å². The van der Waals surface area contributed by atoms with E-state index in [1.54, 1.807) is 48.5 Å². The van der Waals surface area contributed by atoms with Gasteiger partial charge >= 0.3 is 12.1 Å². The van der Waals surface area contributed by atoms with Gasteiger partial charge < -0.3 is 30.8 Å². The molecule has 16 heteroatoms. The molecule has 214 valence electrons. The number of benzene rings is 3. The monoisotopic (exact) mass is 646 g/mol. The number of hydrogen-bond donors (Lipinski definition) is 4. The first-order valence-corrected chi connectivity index (χ1v) is 13.4. The van der Waals surface area contributed by atoms with Crippen molar-refractivity contribution in [3.8, 4) is 11.8 Å². The summed E-state index contributed by atoms with van der Waals surface area (Å²) in [4.78, 5) is 22.3. The van der Waals surface area contributed by atoms with E-state index >= 15 is 0 Å². The minimum absolute atomic E-state index is 0.0182. The second kappa shape index (κ2) is 11.5. The highest BCUT2D eigenvalue weighted by molar-refractivity contribution is 6.49. The van der Waals surface area contributed by atoms with E-state index in [-0.39, 0.29) is 67.4 Å². The van der Waals surface area contributed by atoms with Crippen molar-refractivity contribution in [2.45, 2.75) is 13.1 Å². The minimum Gasteiger partial charge on any atom is -0.493 e. The van der Waals surface area contributed by atoms with Crippen molar-refractivity contribution in [2.75, 3.05) is 0 Å². The quantitative estimate of drug-likeness (QED) is 0.107. The molecule has 0 fully saturated rings. The zero-order chi connectivity index (χ0) is 30.3. The molecule has 0 radical (unpaired) electrons. The average Bonchev–Trinajstić information content (AvgIpc) is 3.38. The molecule has 42 heavy (non-hydrogen) atoms. The second-order valence-corrected chi connectivity index (χ2v) is 10.4. The lowest BCUT2D eigenvalue weighted by Crippen LogP contribution is -2.06. The van der Waals surface area contributed by atoms with Crippen LogP contribution in [0.2, 0.25) is 20.1 Å². The van der Waals surface area contributed by atoms with Gasteiger partial charge in [-0.1, -0.05) is 93.0 Å². The molecule has 2 aromatic heterocycles. The van der Waals surface area contributed by atoms with Crippen LogP contribution >= 0.6 is 46.4 Å². The van der Waals surface area contributed by atoms with Gasteiger partial charge in [-0.15, -0.1) is 10.2 Å². The summed E-state index contributed by atoms with van der Waals surface area (Å²) in [5, 5.41) is 37.4. The van der Waals surface area contributed by atoms with Crippen LogP contribution in [0.1, 0.15) is 11.1 Å². The Kier molecular flexibility index (Phi) is 7.97. The number of fused-ring (bicyclic) bond motifs is 2. The fourth-order valence-electron chi connectivity index (χ4n) is 4.58. The van der Waals surface area contributed by atoms with Crippen molar-refractivity contribution in [3.63, 3.8) is 0 Å². The van der Waals surface area contributed by atoms with Crippen LogP contribution in [-0.4, -0.2) is 31.4 Å². The van der Waals surface area contributed by atoms with Crippen molar-refractivity contribution < 1.29 is 19.8 Å². The smallest absolute Gasteiger partial charge is 0.356 e. The zero-order valence-corrected chi connectivity index (χ0v) is 24.1. The lowest BCUT2D eigenvalue weighted by Gasteiger charge is -2.18. The number of hydrogen-bond acceptors (Lipinski definition) is 6. The van der Waals surface area contributed by atoms with Crippen molar-refractivity contribution >= 4 is 91.6 Å². The summed E-state index contributed by atoms with van der Waals surface area (Å²) in [6, 6.07) is 11.6. The SMILES string of the molecule is NC(=O)N=Nc1c(O)n(Cc2c(Cl)c(Cl)c(Cn3c(O)c(N=NC(N)=O)c4ccccc43)c(Cl)c2Cl)c2ccccc12. The molecule has 12 nitrogen and oxygen atoms in total. The van der Waals surface area contributed by atoms with Crippen LogP contribution in [0.15, 0.2) is 69.0 Å². The maximum atomic E-state index is 11.2. The van der Waals surface area contributed by atoms with Gasteiger partial charge in [0.1, 0.15) is 0 Å². The van der Waals surface area contributed by atoms with Gasteiger partial charge in [-0.3, -0.25) is 0 Å². The first-order valence-electron chi connectivity index (χ1n) is 11.9. The van der Waals surface area contributed by atoms with E-state index < -0.39 is 12.1 Å². The molecule has 0 atom stereocenters. The molecule has 0 bridgehead atoms. The molecule has 5 rings (SSSR count). The van der Waals surface area contributed by atoms with Crippen molar-refractivity contribution in [2.24, 2.45) is 31.9 Å². The maximum Gasteiger partial charge on any atom is 0.356 e. The molecular weight excluding hydrogens is 630 g/mol. The molecule has 5 aromatic rings. The van der Waals surface area contributed by atoms with Gasteiger partial charge in [0.25, 0.3) is 0 Å². The van der Waals surface area contributed by atoms with Crippen molar-refractivity contribution in [3.05, 3.63) is 79.7 Å². The van der Waals surface area contributed by atoms with E-state index in [0.29, 0.717) is 21.8 Å². The third-order valence-electron chi connectivity index (χ3n) is 6.41. The molecule has 0 aliphatic carbocycles. The first-order chi connectivity index (χ1) is 20.0. The number of halogens is 4. The number of azo groups is 2. The Morgan fingerprint density at radius 3 is 1.31 bits per heavy atom. The average molecular weight is 648 g/mol. The number of amides is 4. The number of nitrogens with zero attached hydrogens (tertiary/aromatic N) is 6. The molecule has 2 heterocycles. The Morgan fingerprint density at radius 2 is 0.976 bits per heavy atom. The fourth-order valence-corrected chi connectivity index (χ4v) is 5.75. The normalized spacial score (nSPS) is 11.9. The summed E-state index contributed by atoms with van der Waals surface area (Å²) in [7, 11) is 0. The summed E-state index contributed by atoms with van der Waals surface area (Å²) in [6.07, 6.45) is 0. The molecule has 3 aromatic carbocycles. The van der Waals surface area contributed by atoms with Crippen LogP contribution in [0.3, 0.4) is 0 Å². The third kappa shape index (κ3) is 5.09. The standard InChI is InChI=1S/C26H18Cl4N8O4/c27-17-13(9-37-15-7-3-1-5-11(15)21(23(37)39)33-35-25(31)41)18(28)20(30)14(19(17)29)10-38-16-8-4-2-6-12(16)22(24(38)40)34-36-26(32)42/h1-8,39-40H,9-10H2,(H2,31,41)(H2,32,42). The second-order valence-electron chi connectivity index (χ2n) is 8.84. The Morgan fingerprint density at radius 1 is 0.643 bits per heavy atom. The molecule has 0 saturated heterocycles. The topological polar surface area (TPSA) is 186 Å². The van der Waals surface area contributed by atoms with Crippen LogP contribution in [0.25, 0.3) is 21.8 Å². The molecule has 0 saturated carbocycles. The number of nitrogens with two attached hydrogens (primary N) is 2. The number of carbonyl (C=O) groups is 2. The fraction of sp³-hybridized carbons (Fsp3) is 0.0769. The van der Waals surface area contributed by atoms with Gasteiger partial charge in [0.15, 0.2) is 11.4 Å². The summed E-state index contributed by atoms with van der Waals surface area (Å²) in [6.45, 7) is -0.184. The minimum atomic E-state index is -1.03. The van der Waals surface area contributed by atoms with Crippen molar-refractivity contribution in [1.29, 1.82) is 0 Å². The summed E-state index contributed by atoms with van der Waals surface area (Å²) >= 11 is 26.9. The lowest BCUT2D eigenvalue weighted by molar-refractivity contribution is 0.254. The van der Waals surface area contributed by atoms with Gasteiger partial charge in [-0.2, -0.15) is 0 Å². The zero-order valence-electron chi connectivity index (χ0n) is 21.1.